The number of hydrogen-bond donors (Lipinski definition) is 6. The summed E-state index contributed by atoms with van der Waals surface area (Å²) in [5, 5.41) is 41.8. The van der Waals surface area contributed by atoms with Crippen LogP contribution in [0.2, 0.25) is 0 Å². The van der Waals surface area contributed by atoms with Crippen LogP contribution in [0.1, 0.15) is 5.56 Å². The highest BCUT2D eigenvalue weighted by molar-refractivity contribution is 5.82. The monoisotopic (exact) mass is 390 g/mol. The van der Waals surface area contributed by atoms with Crippen molar-refractivity contribution in [3.8, 4) is 0 Å². The molecule has 0 spiro atoms. The van der Waals surface area contributed by atoms with Gasteiger partial charge in [-0.25, -0.2) is 0 Å². The molecule has 1 aromatic carbocycles. The van der Waals surface area contributed by atoms with Gasteiger partial charge < -0.3 is 35.5 Å². The Balaban J connectivity index is 1.89. The second-order valence-corrected chi connectivity index (χ2v) is 6.21. The number of anilines is 1. The summed E-state index contributed by atoms with van der Waals surface area (Å²) in [6.45, 7) is -0.610. The van der Waals surface area contributed by atoms with E-state index in [2.05, 4.69) is 10.3 Å². The quantitative estimate of drug-likeness (QED) is 0.426. The molecule has 0 radical (unpaired) electrons. The number of ether oxygens (including phenoxy) is 1. The summed E-state index contributed by atoms with van der Waals surface area (Å²) < 4.78 is 43.4. The first-order valence-electron chi connectivity index (χ1n) is 7.93. The molecule has 0 aliphatic carbocycles. The summed E-state index contributed by atoms with van der Waals surface area (Å²) in [6.07, 6.45) is -10.5. The van der Waals surface area contributed by atoms with E-state index in [0.29, 0.717) is 0 Å². The van der Waals surface area contributed by atoms with Gasteiger partial charge in [0.15, 0.2) is 6.29 Å². The van der Waals surface area contributed by atoms with Crippen molar-refractivity contribution >= 4 is 16.6 Å². The van der Waals surface area contributed by atoms with E-state index < -0.39 is 54.5 Å². The molecular formula is C16H17F3N2O6. The van der Waals surface area contributed by atoms with Crippen molar-refractivity contribution in [3.05, 3.63) is 40.2 Å². The van der Waals surface area contributed by atoms with Gasteiger partial charge in [-0.15, -0.1) is 0 Å². The van der Waals surface area contributed by atoms with Gasteiger partial charge in [0.2, 0.25) is 0 Å². The molecule has 4 unspecified atom stereocenters. The molecule has 0 amide bonds. The maximum absolute atomic E-state index is 12.8. The maximum Gasteiger partial charge on any atom is 0.421 e. The van der Waals surface area contributed by atoms with Gasteiger partial charge >= 0.3 is 6.18 Å². The molecule has 3 rings (SSSR count). The molecule has 27 heavy (non-hydrogen) atoms. The minimum absolute atomic E-state index is 0.104. The van der Waals surface area contributed by atoms with Crippen LogP contribution in [0.5, 0.6) is 0 Å². The van der Waals surface area contributed by atoms with E-state index in [1.807, 2.05) is 0 Å². The largest absolute Gasteiger partial charge is 0.421 e. The SMILES string of the molecule is O=c1[nH]c2cc(NC3C(O)OC(CO)[C@H](O)C3O)ccc2cc1C(F)(F)F. The molecule has 5 atom stereocenters. The lowest BCUT2D eigenvalue weighted by molar-refractivity contribution is -0.245. The summed E-state index contributed by atoms with van der Waals surface area (Å²) in [7, 11) is 0. The highest BCUT2D eigenvalue weighted by Gasteiger charge is 2.43. The Morgan fingerprint density at radius 2 is 1.85 bits per heavy atom. The minimum Gasteiger partial charge on any atom is -0.394 e. The first-order valence-corrected chi connectivity index (χ1v) is 7.93. The number of aliphatic hydroxyl groups is 4. The van der Waals surface area contributed by atoms with Crippen LogP contribution in [0, 0.1) is 0 Å². The zero-order valence-electron chi connectivity index (χ0n) is 13.6. The molecule has 1 saturated heterocycles. The molecule has 1 aromatic heterocycles. The zero-order valence-corrected chi connectivity index (χ0v) is 13.6. The van der Waals surface area contributed by atoms with Crippen molar-refractivity contribution in [2.75, 3.05) is 11.9 Å². The van der Waals surface area contributed by atoms with Crippen LogP contribution in [-0.2, 0) is 10.9 Å². The summed E-state index contributed by atoms with van der Waals surface area (Å²) in [6, 6.07) is 3.56. The summed E-state index contributed by atoms with van der Waals surface area (Å²) in [4.78, 5) is 13.8. The fourth-order valence-corrected chi connectivity index (χ4v) is 2.95. The van der Waals surface area contributed by atoms with Crippen molar-refractivity contribution < 1.29 is 38.3 Å². The number of aromatic amines is 1. The van der Waals surface area contributed by atoms with Crippen molar-refractivity contribution in [2.45, 2.75) is 36.8 Å². The van der Waals surface area contributed by atoms with Gasteiger partial charge in [-0.2, -0.15) is 13.2 Å². The van der Waals surface area contributed by atoms with E-state index in [9.17, 15) is 33.3 Å². The first kappa shape index (κ1) is 19.6. The van der Waals surface area contributed by atoms with Crippen LogP contribution < -0.4 is 10.9 Å². The number of halogens is 3. The van der Waals surface area contributed by atoms with Crippen LogP contribution in [0.25, 0.3) is 10.9 Å². The van der Waals surface area contributed by atoms with Crippen LogP contribution in [0.4, 0.5) is 18.9 Å². The average Bonchev–Trinajstić information content (AvgIpc) is 2.60. The number of benzene rings is 1. The van der Waals surface area contributed by atoms with Gasteiger partial charge in [0, 0.05) is 5.69 Å². The maximum atomic E-state index is 12.8. The van der Waals surface area contributed by atoms with Gasteiger partial charge in [-0.1, -0.05) is 6.07 Å². The predicted molar refractivity (Wildman–Crippen MR) is 87.0 cm³/mol. The molecule has 1 aliphatic heterocycles. The molecule has 6 N–H and O–H groups in total. The van der Waals surface area contributed by atoms with E-state index in [1.165, 1.54) is 18.2 Å². The molecule has 148 valence electrons. The third-order valence-electron chi connectivity index (χ3n) is 4.38. The first-order chi connectivity index (χ1) is 12.6. The zero-order chi connectivity index (χ0) is 19.9. The molecule has 1 fully saturated rings. The Labute approximate surface area is 149 Å². The third-order valence-corrected chi connectivity index (χ3v) is 4.38. The van der Waals surface area contributed by atoms with Crippen molar-refractivity contribution in [1.29, 1.82) is 0 Å². The number of aromatic nitrogens is 1. The number of fused-ring (bicyclic) bond motifs is 1. The number of pyridine rings is 1. The molecule has 1 aliphatic rings. The number of nitrogens with one attached hydrogen (secondary N) is 2. The van der Waals surface area contributed by atoms with Crippen LogP contribution in [-0.4, -0.2) is 62.7 Å². The summed E-state index contributed by atoms with van der Waals surface area (Å²) >= 11 is 0. The van der Waals surface area contributed by atoms with Crippen LogP contribution in [0.3, 0.4) is 0 Å². The Bertz CT molecular complexity index is 887. The molecule has 2 heterocycles. The van der Waals surface area contributed by atoms with Crippen molar-refractivity contribution in [1.82, 2.24) is 4.98 Å². The van der Waals surface area contributed by atoms with E-state index in [0.717, 1.165) is 6.07 Å². The fourth-order valence-electron chi connectivity index (χ4n) is 2.95. The Kier molecular flexibility index (Phi) is 5.14. The number of hydrogen-bond acceptors (Lipinski definition) is 7. The lowest BCUT2D eigenvalue weighted by Crippen LogP contribution is -2.61. The van der Waals surface area contributed by atoms with E-state index in [-0.39, 0.29) is 16.6 Å². The average molecular weight is 390 g/mol. The lowest BCUT2D eigenvalue weighted by atomic mass is 9.97. The Hall–Kier alpha value is -2.18. The highest BCUT2D eigenvalue weighted by atomic mass is 19.4. The Morgan fingerprint density at radius 3 is 2.48 bits per heavy atom. The molecule has 11 heteroatoms. The fraction of sp³-hybridized carbons (Fsp3) is 0.438. The molecular weight excluding hydrogens is 373 g/mol. The lowest BCUT2D eigenvalue weighted by Gasteiger charge is -2.40. The Morgan fingerprint density at radius 1 is 1.15 bits per heavy atom. The second kappa shape index (κ2) is 7.09. The molecule has 8 nitrogen and oxygen atoms in total. The third kappa shape index (κ3) is 3.77. The topological polar surface area (TPSA) is 135 Å². The standard InChI is InChI=1S/C16H17F3N2O6/c17-16(18,19)8-3-6-1-2-7(4-9(6)21-14(8)25)20-11-13(24)12(23)10(5-22)27-15(11)26/h1-4,10-13,15,20,22-24,26H,5H2,(H,21,25)/t10?,11?,12-,13?,15?/m0/s1. The van der Waals surface area contributed by atoms with Gasteiger partial charge in [0.25, 0.3) is 5.56 Å². The number of alkyl halides is 3. The van der Waals surface area contributed by atoms with Gasteiger partial charge in [0.1, 0.15) is 29.9 Å². The van der Waals surface area contributed by atoms with Crippen LogP contribution in [0.15, 0.2) is 29.1 Å². The molecule has 0 bridgehead atoms. The van der Waals surface area contributed by atoms with E-state index in [1.54, 1.807) is 0 Å². The minimum atomic E-state index is -4.79. The predicted octanol–water partition coefficient (Wildman–Crippen LogP) is -0.241. The summed E-state index contributed by atoms with van der Waals surface area (Å²) in [5.74, 6) is 0. The number of aliphatic hydroxyl groups excluding tert-OH is 4. The van der Waals surface area contributed by atoms with E-state index in [4.69, 9.17) is 9.84 Å². The normalized spacial score (nSPS) is 29.1. The van der Waals surface area contributed by atoms with Gasteiger partial charge in [-0.05, 0) is 23.6 Å². The molecule has 0 saturated carbocycles. The highest BCUT2D eigenvalue weighted by Crippen LogP contribution is 2.29. The van der Waals surface area contributed by atoms with Crippen LogP contribution >= 0.6 is 0 Å². The van der Waals surface area contributed by atoms with Gasteiger partial charge in [0.05, 0.1) is 12.1 Å². The number of H-pyrrole nitrogens is 1. The second-order valence-electron chi connectivity index (χ2n) is 6.21. The smallest absolute Gasteiger partial charge is 0.394 e. The molecule has 2 aromatic rings. The van der Waals surface area contributed by atoms with E-state index >= 15 is 0 Å². The van der Waals surface area contributed by atoms with Crippen molar-refractivity contribution in [3.63, 3.8) is 0 Å². The van der Waals surface area contributed by atoms with Crippen molar-refractivity contribution in [2.24, 2.45) is 0 Å². The summed E-state index contributed by atoms with van der Waals surface area (Å²) in [5.41, 5.74) is -2.26. The number of rotatable bonds is 3. The van der Waals surface area contributed by atoms with Gasteiger partial charge in [-0.3, -0.25) is 4.79 Å².